The van der Waals surface area contributed by atoms with Gasteiger partial charge in [0, 0.05) is 29.4 Å². The highest BCUT2D eigenvalue weighted by molar-refractivity contribution is 6.30. The van der Waals surface area contributed by atoms with Gasteiger partial charge in [0.05, 0.1) is 17.3 Å². The van der Waals surface area contributed by atoms with Crippen molar-refractivity contribution in [2.75, 3.05) is 11.9 Å². The Labute approximate surface area is 188 Å². The Kier molecular flexibility index (Phi) is 6.86. The van der Waals surface area contributed by atoms with Gasteiger partial charge in [-0.1, -0.05) is 30.9 Å². The molecule has 1 aromatic carbocycles. The summed E-state index contributed by atoms with van der Waals surface area (Å²) in [7, 11) is 0. The van der Waals surface area contributed by atoms with Gasteiger partial charge in [-0.15, -0.1) is 0 Å². The van der Waals surface area contributed by atoms with Gasteiger partial charge in [-0.05, 0) is 63.3 Å². The fourth-order valence-electron chi connectivity index (χ4n) is 4.65. The van der Waals surface area contributed by atoms with Crippen molar-refractivity contribution in [1.82, 2.24) is 14.9 Å². The molecule has 2 aromatic rings. The molecule has 0 bridgehead atoms. The first-order valence-electron chi connectivity index (χ1n) is 11.2. The number of benzene rings is 1. The van der Waals surface area contributed by atoms with E-state index in [1.165, 1.54) is 6.42 Å². The molecule has 31 heavy (non-hydrogen) atoms. The standard InChI is InChI=1S/C24H29ClN4O2/c1-16-20(23(30)28-19-12-10-18(25)11-13-19)15-26-22(27-16)21-9-5-6-14-29(21)24(31)17-7-3-2-4-8-17/h10-13,15,17,21H,2-9,14H2,1H3,(H,28,30)/t21-/m1/s1. The number of halogens is 1. The zero-order chi connectivity index (χ0) is 21.8. The lowest BCUT2D eigenvalue weighted by atomic mass is 9.87. The van der Waals surface area contributed by atoms with Crippen LogP contribution < -0.4 is 5.32 Å². The Balaban J connectivity index is 1.50. The van der Waals surface area contributed by atoms with E-state index in [4.69, 9.17) is 11.6 Å². The first-order valence-corrected chi connectivity index (χ1v) is 11.6. The number of aryl methyl sites for hydroxylation is 1. The SMILES string of the molecule is Cc1nc([C@H]2CCCCN2C(=O)C2CCCCC2)ncc1C(=O)Nc1ccc(Cl)cc1. The van der Waals surface area contributed by atoms with E-state index in [0.717, 1.165) is 51.5 Å². The Morgan fingerprint density at radius 1 is 1.03 bits per heavy atom. The molecule has 2 aliphatic rings. The summed E-state index contributed by atoms with van der Waals surface area (Å²) in [5.41, 5.74) is 1.71. The fraction of sp³-hybridized carbons (Fsp3) is 0.500. The Bertz CT molecular complexity index is 941. The number of piperidine rings is 1. The van der Waals surface area contributed by atoms with Crippen molar-refractivity contribution < 1.29 is 9.59 Å². The molecule has 0 spiro atoms. The quantitative estimate of drug-likeness (QED) is 0.697. The van der Waals surface area contributed by atoms with Crippen molar-refractivity contribution in [2.24, 2.45) is 5.92 Å². The number of nitrogens with zero attached hydrogens (tertiary/aromatic N) is 3. The van der Waals surface area contributed by atoms with E-state index in [1.54, 1.807) is 30.5 Å². The lowest BCUT2D eigenvalue weighted by Crippen LogP contribution is -2.43. The van der Waals surface area contributed by atoms with Crippen molar-refractivity contribution in [1.29, 1.82) is 0 Å². The molecule has 4 rings (SSSR count). The smallest absolute Gasteiger partial charge is 0.259 e. The van der Waals surface area contributed by atoms with Gasteiger partial charge in [-0.2, -0.15) is 0 Å². The van der Waals surface area contributed by atoms with Crippen LogP contribution in [0.25, 0.3) is 0 Å². The van der Waals surface area contributed by atoms with E-state index in [2.05, 4.69) is 15.3 Å². The van der Waals surface area contributed by atoms with Gasteiger partial charge < -0.3 is 10.2 Å². The van der Waals surface area contributed by atoms with Gasteiger partial charge in [0.25, 0.3) is 5.91 Å². The van der Waals surface area contributed by atoms with Crippen molar-refractivity contribution in [3.63, 3.8) is 0 Å². The van der Waals surface area contributed by atoms with Crippen molar-refractivity contribution in [3.8, 4) is 0 Å². The third-order valence-corrected chi connectivity index (χ3v) is 6.63. The first kappa shape index (κ1) is 21.8. The topological polar surface area (TPSA) is 75.2 Å². The van der Waals surface area contributed by atoms with Gasteiger partial charge in [-0.25, -0.2) is 9.97 Å². The van der Waals surface area contributed by atoms with Crippen LogP contribution in [-0.4, -0.2) is 33.2 Å². The maximum Gasteiger partial charge on any atom is 0.259 e. The number of aromatic nitrogens is 2. The van der Waals surface area contributed by atoms with E-state index in [9.17, 15) is 9.59 Å². The lowest BCUT2D eigenvalue weighted by Gasteiger charge is -2.38. The minimum atomic E-state index is -0.259. The number of carbonyl (C=O) groups excluding carboxylic acids is 2. The second kappa shape index (κ2) is 9.77. The number of nitrogens with one attached hydrogen (secondary N) is 1. The van der Waals surface area contributed by atoms with E-state index in [1.807, 2.05) is 11.8 Å². The highest BCUT2D eigenvalue weighted by Gasteiger charge is 2.34. The van der Waals surface area contributed by atoms with Crippen molar-refractivity contribution >= 4 is 29.1 Å². The zero-order valence-electron chi connectivity index (χ0n) is 17.9. The maximum atomic E-state index is 13.2. The third kappa shape index (κ3) is 5.06. The highest BCUT2D eigenvalue weighted by atomic mass is 35.5. The van der Waals surface area contributed by atoms with Crippen LogP contribution in [0, 0.1) is 12.8 Å². The summed E-state index contributed by atoms with van der Waals surface area (Å²) in [6.45, 7) is 2.58. The molecule has 1 aliphatic heterocycles. The van der Waals surface area contributed by atoms with E-state index >= 15 is 0 Å². The number of carbonyl (C=O) groups is 2. The number of amides is 2. The molecule has 1 aliphatic carbocycles. The van der Waals surface area contributed by atoms with Crippen LogP contribution in [-0.2, 0) is 4.79 Å². The van der Waals surface area contributed by atoms with Crippen LogP contribution in [0.2, 0.25) is 5.02 Å². The van der Waals surface area contributed by atoms with Crippen LogP contribution in [0.4, 0.5) is 5.69 Å². The van der Waals surface area contributed by atoms with Crippen LogP contribution in [0.5, 0.6) is 0 Å². The normalized spacial score (nSPS) is 19.8. The molecule has 0 radical (unpaired) electrons. The van der Waals surface area contributed by atoms with Crippen LogP contribution in [0.1, 0.15) is 79.3 Å². The lowest BCUT2D eigenvalue weighted by molar-refractivity contribution is -0.140. The highest BCUT2D eigenvalue weighted by Crippen LogP contribution is 2.34. The summed E-state index contributed by atoms with van der Waals surface area (Å²) < 4.78 is 0. The molecular formula is C24H29ClN4O2. The number of anilines is 1. The monoisotopic (exact) mass is 440 g/mol. The predicted molar refractivity (Wildman–Crippen MR) is 121 cm³/mol. The second-order valence-corrected chi connectivity index (χ2v) is 9.00. The van der Waals surface area contributed by atoms with E-state index < -0.39 is 0 Å². The molecule has 6 nitrogen and oxygen atoms in total. The Hall–Kier alpha value is -2.47. The minimum absolute atomic E-state index is 0.102. The molecule has 1 aromatic heterocycles. The van der Waals surface area contributed by atoms with Crippen molar-refractivity contribution in [2.45, 2.75) is 64.3 Å². The van der Waals surface area contributed by atoms with E-state index in [0.29, 0.717) is 27.8 Å². The average molecular weight is 441 g/mol. The van der Waals surface area contributed by atoms with Gasteiger partial charge in [-0.3, -0.25) is 9.59 Å². The third-order valence-electron chi connectivity index (χ3n) is 6.38. The van der Waals surface area contributed by atoms with Gasteiger partial charge in [0.2, 0.25) is 5.91 Å². The number of rotatable bonds is 4. The molecule has 1 atom stereocenters. The number of hydrogen-bond acceptors (Lipinski definition) is 4. The summed E-state index contributed by atoms with van der Waals surface area (Å²) >= 11 is 5.90. The van der Waals surface area contributed by atoms with Crippen LogP contribution >= 0.6 is 11.6 Å². The molecule has 2 heterocycles. The fourth-order valence-corrected chi connectivity index (χ4v) is 4.77. The average Bonchev–Trinajstić information content (AvgIpc) is 2.80. The molecule has 0 unspecified atom stereocenters. The van der Waals surface area contributed by atoms with E-state index in [-0.39, 0.29) is 23.8 Å². The summed E-state index contributed by atoms with van der Waals surface area (Å²) in [5.74, 6) is 0.782. The predicted octanol–water partition coefficient (Wildman–Crippen LogP) is 5.32. The largest absolute Gasteiger partial charge is 0.332 e. The summed E-state index contributed by atoms with van der Waals surface area (Å²) in [6.07, 6.45) is 10.0. The molecule has 2 fully saturated rings. The summed E-state index contributed by atoms with van der Waals surface area (Å²) in [5, 5.41) is 3.47. The zero-order valence-corrected chi connectivity index (χ0v) is 18.7. The summed E-state index contributed by atoms with van der Waals surface area (Å²) in [6, 6.07) is 6.86. The summed E-state index contributed by atoms with van der Waals surface area (Å²) in [4.78, 5) is 37.1. The van der Waals surface area contributed by atoms with Crippen LogP contribution in [0.3, 0.4) is 0 Å². The second-order valence-electron chi connectivity index (χ2n) is 8.57. The molecular weight excluding hydrogens is 412 g/mol. The van der Waals surface area contributed by atoms with Crippen LogP contribution in [0.15, 0.2) is 30.5 Å². The molecule has 1 saturated heterocycles. The number of hydrogen-bond donors (Lipinski definition) is 1. The molecule has 1 N–H and O–H groups in total. The first-order chi connectivity index (χ1) is 15.0. The maximum absolute atomic E-state index is 13.2. The Morgan fingerprint density at radius 3 is 2.45 bits per heavy atom. The number of likely N-dealkylation sites (tertiary alicyclic amines) is 1. The molecule has 1 saturated carbocycles. The van der Waals surface area contributed by atoms with Gasteiger partial charge >= 0.3 is 0 Å². The van der Waals surface area contributed by atoms with Gasteiger partial charge in [0.1, 0.15) is 0 Å². The van der Waals surface area contributed by atoms with Gasteiger partial charge in [0.15, 0.2) is 5.82 Å². The Morgan fingerprint density at radius 2 is 1.74 bits per heavy atom. The molecule has 7 heteroatoms. The molecule has 164 valence electrons. The van der Waals surface area contributed by atoms with Crippen molar-refractivity contribution in [3.05, 3.63) is 52.6 Å². The minimum Gasteiger partial charge on any atom is -0.332 e. The molecule has 2 amide bonds.